The lowest BCUT2D eigenvalue weighted by Gasteiger charge is -2.25. The van der Waals surface area contributed by atoms with Gasteiger partial charge < -0.3 is 14.2 Å². The van der Waals surface area contributed by atoms with Crippen molar-refractivity contribution < 1.29 is 19.1 Å². The maximum absolute atomic E-state index is 13.3. The highest BCUT2D eigenvalue weighted by Crippen LogP contribution is 2.25. The fourth-order valence-corrected chi connectivity index (χ4v) is 3.60. The zero-order valence-electron chi connectivity index (χ0n) is 19.4. The molecule has 0 saturated heterocycles. The maximum atomic E-state index is 13.3. The van der Waals surface area contributed by atoms with Crippen molar-refractivity contribution in [3.05, 3.63) is 57.9 Å². The second-order valence-corrected chi connectivity index (χ2v) is 8.77. The van der Waals surface area contributed by atoms with Crippen molar-refractivity contribution in [2.24, 2.45) is 7.05 Å². The third kappa shape index (κ3) is 4.18. The van der Waals surface area contributed by atoms with Gasteiger partial charge in [-0.05, 0) is 49.4 Å². The highest BCUT2D eigenvalue weighted by Gasteiger charge is 2.31. The van der Waals surface area contributed by atoms with E-state index in [0.29, 0.717) is 28.1 Å². The predicted octanol–water partition coefficient (Wildman–Crippen LogP) is 4.07. The van der Waals surface area contributed by atoms with Gasteiger partial charge in [-0.3, -0.25) is 9.59 Å². The monoisotopic (exact) mass is 412 g/mol. The summed E-state index contributed by atoms with van der Waals surface area (Å²) in [6, 6.07) is 6.80. The molecule has 1 atom stereocenters. The number of nitrogens with zero attached hydrogens (tertiary/aromatic N) is 2. The van der Waals surface area contributed by atoms with E-state index in [1.54, 1.807) is 51.6 Å². The summed E-state index contributed by atoms with van der Waals surface area (Å²) in [4.78, 5) is 39.8. The topological polar surface area (TPSA) is 68.6 Å². The van der Waals surface area contributed by atoms with E-state index in [0.717, 1.165) is 5.56 Å². The Bertz CT molecular complexity index is 978. The Morgan fingerprint density at radius 2 is 1.60 bits per heavy atom. The van der Waals surface area contributed by atoms with Crippen molar-refractivity contribution in [2.45, 2.75) is 53.0 Å². The summed E-state index contributed by atoms with van der Waals surface area (Å²) in [5, 5.41) is 0. The number of likely N-dealkylation sites (N-methyl/N-ethyl adjacent to an activating group) is 1. The van der Waals surface area contributed by atoms with E-state index in [1.807, 2.05) is 12.1 Å². The third-order valence-electron chi connectivity index (χ3n) is 5.83. The van der Waals surface area contributed by atoms with Gasteiger partial charge in [0.2, 0.25) is 0 Å². The first-order valence-corrected chi connectivity index (χ1v) is 9.99. The van der Waals surface area contributed by atoms with Gasteiger partial charge in [-0.2, -0.15) is 0 Å². The molecule has 0 bridgehead atoms. The zero-order valence-corrected chi connectivity index (χ0v) is 19.4. The first kappa shape index (κ1) is 23.4. The van der Waals surface area contributed by atoms with Gasteiger partial charge in [-0.1, -0.05) is 32.9 Å². The Kier molecular flexibility index (Phi) is 6.60. The van der Waals surface area contributed by atoms with E-state index < -0.39 is 12.0 Å². The van der Waals surface area contributed by atoms with Crippen LogP contribution in [0.1, 0.15) is 75.7 Å². The summed E-state index contributed by atoms with van der Waals surface area (Å²) < 4.78 is 6.51. The minimum absolute atomic E-state index is 0.00353. The molecule has 0 saturated carbocycles. The van der Waals surface area contributed by atoms with E-state index in [-0.39, 0.29) is 17.1 Å². The van der Waals surface area contributed by atoms with Crippen molar-refractivity contribution in [2.75, 3.05) is 14.2 Å². The van der Waals surface area contributed by atoms with Crippen LogP contribution in [0.3, 0.4) is 0 Å². The van der Waals surface area contributed by atoms with Gasteiger partial charge in [0.15, 0.2) is 5.78 Å². The van der Waals surface area contributed by atoms with E-state index in [2.05, 4.69) is 20.8 Å². The molecule has 6 heteroatoms. The largest absolute Gasteiger partial charge is 0.464 e. The highest BCUT2D eigenvalue weighted by molar-refractivity contribution is 6.07. The lowest BCUT2D eigenvalue weighted by atomic mass is 9.86. The Morgan fingerprint density at radius 3 is 2.07 bits per heavy atom. The van der Waals surface area contributed by atoms with Crippen LogP contribution in [-0.2, 0) is 17.2 Å². The Hall–Kier alpha value is -2.89. The molecule has 2 rings (SSSR count). The molecule has 1 amide bonds. The number of hydrogen-bond donors (Lipinski definition) is 0. The van der Waals surface area contributed by atoms with E-state index in [4.69, 9.17) is 4.74 Å². The van der Waals surface area contributed by atoms with Crippen LogP contribution in [0.15, 0.2) is 24.3 Å². The number of hydrogen-bond acceptors (Lipinski definition) is 4. The van der Waals surface area contributed by atoms with Gasteiger partial charge in [-0.25, -0.2) is 4.79 Å². The minimum atomic E-state index is -0.690. The van der Waals surface area contributed by atoms with Crippen molar-refractivity contribution >= 4 is 17.7 Å². The molecule has 6 nitrogen and oxygen atoms in total. The van der Waals surface area contributed by atoms with Crippen LogP contribution in [0.25, 0.3) is 0 Å². The first-order valence-electron chi connectivity index (χ1n) is 9.99. The quantitative estimate of drug-likeness (QED) is 0.548. The number of rotatable bonds is 5. The van der Waals surface area contributed by atoms with Crippen molar-refractivity contribution in [1.82, 2.24) is 9.47 Å². The third-order valence-corrected chi connectivity index (χ3v) is 5.83. The number of ether oxygens (including phenoxy) is 1. The minimum Gasteiger partial charge on any atom is -0.464 e. The number of esters is 1. The average molecular weight is 413 g/mol. The number of methoxy groups -OCH3 is 1. The van der Waals surface area contributed by atoms with Crippen LogP contribution in [0.5, 0.6) is 0 Å². The standard InChI is InChI=1S/C24H32N2O4/c1-14-19(15(2)25(7)20(14)23(29)30-9)21(27)16(3)26(8)22(28)17-10-12-18(13-11-17)24(4,5)6/h10-13,16H,1-9H3/t16-/m1/s1. The molecule has 0 fully saturated rings. The Morgan fingerprint density at radius 1 is 1.07 bits per heavy atom. The Labute approximate surface area is 178 Å². The fourth-order valence-electron chi connectivity index (χ4n) is 3.60. The summed E-state index contributed by atoms with van der Waals surface area (Å²) >= 11 is 0. The molecule has 0 N–H and O–H groups in total. The van der Waals surface area contributed by atoms with Gasteiger partial charge in [-0.15, -0.1) is 0 Å². The lowest BCUT2D eigenvalue weighted by Crippen LogP contribution is -2.40. The number of ketones is 1. The van der Waals surface area contributed by atoms with Crippen LogP contribution in [0.2, 0.25) is 0 Å². The molecule has 0 radical (unpaired) electrons. The number of benzene rings is 1. The number of carbonyl (C=O) groups excluding carboxylic acids is 3. The highest BCUT2D eigenvalue weighted by atomic mass is 16.5. The molecule has 30 heavy (non-hydrogen) atoms. The van der Waals surface area contributed by atoms with E-state index in [1.165, 1.54) is 12.0 Å². The van der Waals surface area contributed by atoms with Gasteiger partial charge in [0.1, 0.15) is 5.69 Å². The molecule has 162 valence electrons. The summed E-state index contributed by atoms with van der Waals surface area (Å²) in [7, 11) is 4.66. The van der Waals surface area contributed by atoms with Gasteiger partial charge in [0.05, 0.1) is 13.2 Å². The average Bonchev–Trinajstić information content (AvgIpc) is 2.93. The predicted molar refractivity (Wildman–Crippen MR) is 117 cm³/mol. The van der Waals surface area contributed by atoms with Gasteiger partial charge >= 0.3 is 5.97 Å². The normalized spacial score (nSPS) is 12.4. The SMILES string of the molecule is COC(=O)c1c(C)c(C(=O)[C@@H](C)N(C)C(=O)c2ccc(C(C)(C)C)cc2)c(C)n1C. The van der Waals surface area contributed by atoms with Crippen LogP contribution >= 0.6 is 0 Å². The first-order chi connectivity index (χ1) is 13.8. The molecule has 0 aliphatic rings. The van der Waals surface area contributed by atoms with Crippen LogP contribution in [0, 0.1) is 13.8 Å². The molecule has 1 heterocycles. The molecular weight excluding hydrogens is 380 g/mol. The summed E-state index contributed by atoms with van der Waals surface area (Å²) in [5.41, 5.74) is 3.69. The van der Waals surface area contributed by atoms with Crippen LogP contribution < -0.4 is 0 Å². The van der Waals surface area contributed by atoms with E-state index in [9.17, 15) is 14.4 Å². The molecule has 2 aromatic rings. The molecule has 1 aromatic carbocycles. The van der Waals surface area contributed by atoms with Gasteiger partial charge in [0.25, 0.3) is 5.91 Å². The number of carbonyl (C=O) groups is 3. The molecular formula is C24H32N2O4. The summed E-state index contributed by atoms with van der Waals surface area (Å²) in [6.07, 6.45) is 0. The fraction of sp³-hybridized carbons (Fsp3) is 0.458. The molecule has 1 aromatic heterocycles. The zero-order chi connectivity index (χ0) is 23.0. The molecule has 0 spiro atoms. The second-order valence-electron chi connectivity index (χ2n) is 8.77. The smallest absolute Gasteiger partial charge is 0.354 e. The second kappa shape index (κ2) is 8.46. The molecule has 0 unspecified atom stereocenters. The van der Waals surface area contributed by atoms with Crippen molar-refractivity contribution in [1.29, 1.82) is 0 Å². The summed E-state index contributed by atoms with van der Waals surface area (Å²) in [5.74, 6) is -0.929. The lowest BCUT2D eigenvalue weighted by molar-refractivity contribution is 0.0588. The molecule has 0 aliphatic carbocycles. The van der Waals surface area contributed by atoms with Crippen molar-refractivity contribution in [3.63, 3.8) is 0 Å². The number of Topliss-reactive ketones (excluding diaryl/α,β-unsaturated/α-hetero) is 1. The van der Waals surface area contributed by atoms with E-state index >= 15 is 0 Å². The number of aromatic nitrogens is 1. The number of amides is 1. The van der Waals surface area contributed by atoms with Crippen molar-refractivity contribution in [3.8, 4) is 0 Å². The maximum Gasteiger partial charge on any atom is 0.354 e. The van der Waals surface area contributed by atoms with Gasteiger partial charge in [0, 0.05) is 30.9 Å². The van der Waals surface area contributed by atoms with Crippen LogP contribution in [-0.4, -0.2) is 47.3 Å². The Balaban J connectivity index is 2.32. The summed E-state index contributed by atoms with van der Waals surface area (Å²) in [6.45, 7) is 11.6. The molecule has 0 aliphatic heterocycles. The van der Waals surface area contributed by atoms with Crippen LogP contribution in [0.4, 0.5) is 0 Å².